The van der Waals surface area contributed by atoms with Crippen LogP contribution >= 0.6 is 11.6 Å². The highest BCUT2D eigenvalue weighted by atomic mass is 35.5. The summed E-state index contributed by atoms with van der Waals surface area (Å²) in [6.45, 7) is 7.26. The molecule has 226 valence electrons. The number of sulfonamides is 1. The van der Waals surface area contributed by atoms with Crippen molar-refractivity contribution in [3.05, 3.63) is 94.0 Å². The van der Waals surface area contributed by atoms with Crippen LogP contribution in [0.4, 0.5) is 13.2 Å². The minimum Gasteiger partial charge on any atom is -0.493 e. The first kappa shape index (κ1) is 31.8. The first-order valence-electron chi connectivity index (χ1n) is 13.4. The Hall–Kier alpha value is -3.12. The molecule has 0 radical (unpaired) electrons. The van der Waals surface area contributed by atoms with Gasteiger partial charge in [0.25, 0.3) is 0 Å². The summed E-state index contributed by atoms with van der Waals surface area (Å²) in [4.78, 5) is 12.7. The zero-order valence-electron chi connectivity index (χ0n) is 23.4. The van der Waals surface area contributed by atoms with Gasteiger partial charge in [0, 0.05) is 30.5 Å². The largest absolute Gasteiger partial charge is 0.493 e. The van der Waals surface area contributed by atoms with E-state index in [1.165, 1.54) is 0 Å². The Bertz CT molecular complexity index is 1530. The number of ether oxygens (including phenoxy) is 1. The molecule has 2 atom stereocenters. The fourth-order valence-electron chi connectivity index (χ4n) is 4.56. The summed E-state index contributed by atoms with van der Waals surface area (Å²) in [6, 6.07) is 15.1. The predicted molar refractivity (Wildman–Crippen MR) is 155 cm³/mol. The van der Waals surface area contributed by atoms with Gasteiger partial charge in [-0.2, -0.15) is 13.2 Å². The number of benzene rings is 3. The maximum Gasteiger partial charge on any atom is 0.417 e. The molecule has 3 aromatic rings. The van der Waals surface area contributed by atoms with Crippen LogP contribution in [0, 0.1) is 0 Å². The molecule has 0 bridgehead atoms. The highest BCUT2D eigenvalue weighted by Gasteiger charge is 2.35. The molecule has 0 fully saturated rings. The normalized spacial score (nSPS) is 16.3. The smallest absolute Gasteiger partial charge is 0.417 e. The molecule has 1 amide bonds. The molecular formula is C30H33ClF3N3O4S. The van der Waals surface area contributed by atoms with E-state index in [0.29, 0.717) is 37.0 Å². The summed E-state index contributed by atoms with van der Waals surface area (Å²) in [7, 11) is -4.47. The van der Waals surface area contributed by atoms with Crippen LogP contribution in [0.3, 0.4) is 0 Å². The molecule has 0 aromatic heterocycles. The molecular weight excluding hydrogens is 591 g/mol. The first-order chi connectivity index (χ1) is 19.6. The molecule has 3 aromatic carbocycles. The van der Waals surface area contributed by atoms with Gasteiger partial charge in [-0.05, 0) is 56.2 Å². The van der Waals surface area contributed by atoms with Gasteiger partial charge in [-0.15, -0.1) is 0 Å². The van der Waals surface area contributed by atoms with Crippen molar-refractivity contribution >= 4 is 27.5 Å². The fraction of sp³-hybridized carbons (Fsp3) is 0.367. The zero-order valence-corrected chi connectivity index (χ0v) is 25.0. The first-order valence-corrected chi connectivity index (χ1v) is 15.2. The van der Waals surface area contributed by atoms with Crippen molar-refractivity contribution in [1.82, 2.24) is 15.4 Å². The van der Waals surface area contributed by atoms with Crippen molar-refractivity contribution in [2.45, 2.75) is 68.9 Å². The van der Waals surface area contributed by atoms with E-state index in [1.807, 2.05) is 18.2 Å². The maximum atomic E-state index is 13.4. The lowest BCUT2D eigenvalue weighted by molar-refractivity contribution is -0.137. The summed E-state index contributed by atoms with van der Waals surface area (Å²) in [5.74, 6) is 0.234. The number of hydrogen-bond acceptors (Lipinski definition) is 5. The van der Waals surface area contributed by atoms with Gasteiger partial charge in [-0.25, -0.2) is 13.1 Å². The molecule has 0 saturated heterocycles. The molecule has 0 saturated carbocycles. The zero-order chi connectivity index (χ0) is 30.7. The fourth-order valence-corrected chi connectivity index (χ4v) is 6.03. The molecule has 1 aliphatic rings. The third-order valence-electron chi connectivity index (χ3n) is 6.72. The molecule has 3 N–H and O–H groups in total. The SMILES string of the molecule is CC(C)(C)NCc1ccc2c(c1)OCC[C@H]2NC(=O)C[C@@H](NS(=O)(=O)c1ccc(Cl)c(C(F)(F)F)c1)c1ccccc1. The predicted octanol–water partition coefficient (Wildman–Crippen LogP) is 6.30. The summed E-state index contributed by atoms with van der Waals surface area (Å²) in [6.07, 6.45) is -4.61. The minimum atomic E-state index is -4.84. The molecule has 42 heavy (non-hydrogen) atoms. The second-order valence-corrected chi connectivity index (χ2v) is 13.3. The number of fused-ring (bicyclic) bond motifs is 1. The van der Waals surface area contributed by atoms with Crippen LogP contribution in [-0.2, 0) is 27.5 Å². The van der Waals surface area contributed by atoms with Gasteiger partial charge in [0.1, 0.15) is 5.75 Å². The van der Waals surface area contributed by atoms with Gasteiger partial charge < -0.3 is 15.4 Å². The van der Waals surface area contributed by atoms with E-state index in [1.54, 1.807) is 30.3 Å². The van der Waals surface area contributed by atoms with Gasteiger partial charge in [0.2, 0.25) is 15.9 Å². The monoisotopic (exact) mass is 623 g/mol. The Morgan fingerprint density at radius 1 is 1.05 bits per heavy atom. The summed E-state index contributed by atoms with van der Waals surface area (Å²) in [5.41, 5.74) is 0.996. The molecule has 1 heterocycles. The van der Waals surface area contributed by atoms with Crippen LogP contribution in [0.25, 0.3) is 0 Å². The van der Waals surface area contributed by atoms with Gasteiger partial charge >= 0.3 is 6.18 Å². The highest BCUT2D eigenvalue weighted by molar-refractivity contribution is 7.89. The van der Waals surface area contributed by atoms with Crippen LogP contribution in [0.1, 0.15) is 68.0 Å². The number of halogens is 4. The maximum absolute atomic E-state index is 13.4. The van der Waals surface area contributed by atoms with Crippen molar-refractivity contribution < 1.29 is 31.1 Å². The van der Waals surface area contributed by atoms with Gasteiger partial charge in [0.15, 0.2) is 0 Å². The van der Waals surface area contributed by atoms with E-state index in [9.17, 15) is 26.4 Å². The Morgan fingerprint density at radius 2 is 1.76 bits per heavy atom. The minimum absolute atomic E-state index is 0.0573. The average molecular weight is 624 g/mol. The van der Waals surface area contributed by atoms with E-state index < -0.39 is 43.6 Å². The second kappa shape index (κ2) is 12.6. The number of hydrogen-bond donors (Lipinski definition) is 3. The topological polar surface area (TPSA) is 96.5 Å². The van der Waals surface area contributed by atoms with E-state index in [2.05, 4.69) is 36.1 Å². The van der Waals surface area contributed by atoms with Crippen molar-refractivity contribution in [3.63, 3.8) is 0 Å². The van der Waals surface area contributed by atoms with E-state index in [-0.39, 0.29) is 18.0 Å². The van der Waals surface area contributed by atoms with E-state index >= 15 is 0 Å². The van der Waals surface area contributed by atoms with Gasteiger partial charge in [-0.1, -0.05) is 54.1 Å². The molecule has 12 heteroatoms. The summed E-state index contributed by atoms with van der Waals surface area (Å²) < 4.78 is 74.9. The van der Waals surface area contributed by atoms with Crippen molar-refractivity contribution in [2.24, 2.45) is 0 Å². The number of nitrogens with one attached hydrogen (secondary N) is 3. The van der Waals surface area contributed by atoms with Crippen LogP contribution in [-0.4, -0.2) is 26.5 Å². The summed E-state index contributed by atoms with van der Waals surface area (Å²) in [5, 5.41) is 5.79. The second-order valence-electron chi connectivity index (χ2n) is 11.2. The quantitative estimate of drug-likeness (QED) is 0.260. The Morgan fingerprint density at radius 3 is 2.43 bits per heavy atom. The lowest BCUT2D eigenvalue weighted by Crippen LogP contribution is -2.37. The number of amides is 1. The van der Waals surface area contributed by atoms with Crippen LogP contribution < -0.4 is 20.1 Å². The van der Waals surface area contributed by atoms with Crippen molar-refractivity contribution in [1.29, 1.82) is 0 Å². The number of carbonyl (C=O) groups excluding carboxylic acids is 1. The lowest BCUT2D eigenvalue weighted by Gasteiger charge is -2.28. The van der Waals surface area contributed by atoms with Crippen LogP contribution in [0.2, 0.25) is 5.02 Å². The molecule has 1 aliphatic heterocycles. The summed E-state index contributed by atoms with van der Waals surface area (Å²) >= 11 is 5.67. The van der Waals surface area contributed by atoms with Crippen molar-refractivity contribution in [3.8, 4) is 5.75 Å². The van der Waals surface area contributed by atoms with Crippen LogP contribution in [0.15, 0.2) is 71.6 Å². The third-order valence-corrected chi connectivity index (χ3v) is 8.52. The van der Waals surface area contributed by atoms with Crippen molar-refractivity contribution in [2.75, 3.05) is 6.61 Å². The molecule has 0 unspecified atom stereocenters. The molecule has 4 rings (SSSR count). The standard InChI is InChI=1S/C30H33ClF3N3O4S/c1-29(2,3)35-18-19-9-11-22-25(13-14-41-27(22)15-19)36-28(38)17-26(20-7-5-4-6-8-20)37-42(39,40)21-10-12-24(31)23(16-21)30(32,33)34/h4-12,15-16,25-26,35,37H,13-14,17-18H2,1-3H3,(H,36,38)/t25-,26-/m1/s1. The number of rotatable bonds is 9. The highest BCUT2D eigenvalue weighted by Crippen LogP contribution is 2.37. The van der Waals surface area contributed by atoms with Gasteiger partial charge in [0.05, 0.1) is 34.2 Å². The van der Waals surface area contributed by atoms with E-state index in [0.717, 1.165) is 23.3 Å². The third kappa shape index (κ3) is 8.25. The Kier molecular flexibility index (Phi) is 9.56. The average Bonchev–Trinajstić information content (AvgIpc) is 2.91. The number of carbonyl (C=O) groups is 1. The number of alkyl halides is 3. The Balaban J connectivity index is 1.52. The lowest BCUT2D eigenvalue weighted by atomic mass is 9.97. The van der Waals surface area contributed by atoms with E-state index in [4.69, 9.17) is 16.3 Å². The molecule has 0 spiro atoms. The Labute approximate surface area is 248 Å². The molecule has 7 nitrogen and oxygen atoms in total. The van der Waals surface area contributed by atoms with Crippen LogP contribution in [0.5, 0.6) is 5.75 Å². The van der Waals surface area contributed by atoms with Gasteiger partial charge in [-0.3, -0.25) is 4.79 Å². The molecule has 0 aliphatic carbocycles.